The molecular weight excluding hydrogens is 381 g/mol. The van der Waals surface area contributed by atoms with Gasteiger partial charge in [0.25, 0.3) is 0 Å². The Morgan fingerprint density at radius 1 is 0.778 bits per heavy atom. The third-order valence-corrected chi connectivity index (χ3v) is 3.98. The van der Waals surface area contributed by atoms with E-state index in [1.165, 1.54) is 48.5 Å². The summed E-state index contributed by atoms with van der Waals surface area (Å²) in [6.07, 6.45) is 0. The monoisotopic (exact) mass is 390 g/mol. The average molecular weight is 391 g/mol. The van der Waals surface area contributed by atoms with Crippen LogP contribution in [0.4, 0.5) is 13.2 Å². The topological polar surface area (TPSA) is 43.4 Å². The van der Waals surface area contributed by atoms with Gasteiger partial charge in [-0.1, -0.05) is 11.6 Å². The molecule has 0 aliphatic heterocycles. The zero-order valence-corrected chi connectivity index (χ0v) is 14.3. The van der Waals surface area contributed by atoms with Crippen molar-refractivity contribution in [1.29, 1.82) is 0 Å². The Morgan fingerprint density at radius 3 is 1.89 bits per heavy atom. The van der Waals surface area contributed by atoms with Crippen molar-refractivity contribution in [1.82, 2.24) is 0 Å². The first kappa shape index (κ1) is 18.7. The summed E-state index contributed by atoms with van der Waals surface area (Å²) in [4.78, 5) is 24.4. The van der Waals surface area contributed by atoms with Crippen LogP contribution in [0.1, 0.15) is 26.3 Å². The molecule has 0 saturated carbocycles. The Labute approximate surface area is 157 Å². The zero-order chi connectivity index (χ0) is 19.6. The van der Waals surface area contributed by atoms with Crippen LogP contribution in [0, 0.1) is 17.5 Å². The zero-order valence-electron chi connectivity index (χ0n) is 13.5. The van der Waals surface area contributed by atoms with E-state index in [4.69, 9.17) is 16.3 Å². The molecule has 0 spiro atoms. The molecule has 0 saturated heterocycles. The van der Waals surface area contributed by atoms with Gasteiger partial charge in [0.1, 0.15) is 11.6 Å². The van der Waals surface area contributed by atoms with Crippen molar-refractivity contribution in [2.45, 2.75) is 0 Å². The normalized spacial score (nSPS) is 10.5. The highest BCUT2D eigenvalue weighted by atomic mass is 35.5. The largest absolute Gasteiger partial charge is 0.423 e. The Bertz CT molecular complexity index is 1020. The minimum absolute atomic E-state index is 0.0801. The summed E-state index contributed by atoms with van der Waals surface area (Å²) in [5.74, 6) is -4.10. The number of carbonyl (C=O) groups excluding carboxylic acids is 2. The number of hydrogen-bond acceptors (Lipinski definition) is 3. The number of rotatable bonds is 4. The lowest BCUT2D eigenvalue weighted by atomic mass is 10.0. The summed E-state index contributed by atoms with van der Waals surface area (Å²) in [6, 6.07) is 12.0. The van der Waals surface area contributed by atoms with Gasteiger partial charge in [-0.25, -0.2) is 18.0 Å². The van der Waals surface area contributed by atoms with Gasteiger partial charge in [-0.2, -0.15) is 0 Å². The van der Waals surface area contributed by atoms with Gasteiger partial charge in [-0.05, 0) is 60.7 Å². The van der Waals surface area contributed by atoms with Crippen LogP contribution >= 0.6 is 11.6 Å². The minimum Gasteiger partial charge on any atom is -0.423 e. The molecule has 0 bridgehead atoms. The Balaban J connectivity index is 1.76. The summed E-state index contributed by atoms with van der Waals surface area (Å²) >= 11 is 5.73. The maximum atomic E-state index is 13.3. The van der Waals surface area contributed by atoms with E-state index in [1.54, 1.807) is 0 Å². The molecule has 0 atom stereocenters. The number of halogens is 4. The van der Waals surface area contributed by atoms with E-state index in [-0.39, 0.29) is 22.1 Å². The molecule has 3 rings (SSSR count). The number of carbonyl (C=O) groups is 2. The molecule has 7 heteroatoms. The smallest absolute Gasteiger partial charge is 0.345 e. The van der Waals surface area contributed by atoms with Gasteiger partial charge in [-0.15, -0.1) is 0 Å². The van der Waals surface area contributed by atoms with Crippen LogP contribution in [0.25, 0.3) is 0 Å². The molecule has 136 valence electrons. The van der Waals surface area contributed by atoms with Crippen molar-refractivity contribution in [2.24, 2.45) is 0 Å². The fourth-order valence-electron chi connectivity index (χ4n) is 2.28. The lowest BCUT2D eigenvalue weighted by molar-refractivity contribution is 0.0734. The van der Waals surface area contributed by atoms with Crippen LogP contribution in [0.2, 0.25) is 5.02 Å². The summed E-state index contributed by atoms with van der Waals surface area (Å²) in [6.45, 7) is 0. The molecule has 27 heavy (non-hydrogen) atoms. The number of ether oxygens (including phenoxy) is 1. The first-order chi connectivity index (χ1) is 12.8. The standard InChI is InChI=1S/C20H10ClF3O3/c21-16-10-18(24)17(23)9-15(16)20(26)27-14-7-3-12(4-8-14)19(25)11-1-5-13(22)6-2-11/h1-10H. The van der Waals surface area contributed by atoms with E-state index in [0.717, 1.165) is 0 Å². The van der Waals surface area contributed by atoms with Crippen molar-refractivity contribution in [3.05, 3.63) is 99.8 Å². The van der Waals surface area contributed by atoms with Crippen LogP contribution in [0.15, 0.2) is 60.7 Å². The second-order valence-corrected chi connectivity index (χ2v) is 5.90. The predicted molar refractivity (Wildman–Crippen MR) is 92.6 cm³/mol. The molecule has 3 aromatic carbocycles. The summed E-state index contributed by atoms with van der Waals surface area (Å²) in [7, 11) is 0. The number of hydrogen-bond donors (Lipinski definition) is 0. The molecule has 3 aromatic rings. The van der Waals surface area contributed by atoms with E-state index in [1.807, 2.05) is 0 Å². The van der Waals surface area contributed by atoms with Gasteiger partial charge in [0.2, 0.25) is 0 Å². The average Bonchev–Trinajstić information content (AvgIpc) is 2.65. The molecule has 0 unspecified atom stereocenters. The minimum atomic E-state index is -1.23. The third-order valence-electron chi connectivity index (χ3n) is 3.66. The van der Waals surface area contributed by atoms with Crippen molar-refractivity contribution in [3.8, 4) is 5.75 Å². The van der Waals surface area contributed by atoms with Gasteiger partial charge in [0.05, 0.1) is 10.6 Å². The van der Waals surface area contributed by atoms with Gasteiger partial charge >= 0.3 is 5.97 Å². The summed E-state index contributed by atoms with van der Waals surface area (Å²) in [5, 5.41) is -0.290. The van der Waals surface area contributed by atoms with Crippen LogP contribution in [-0.2, 0) is 0 Å². The Kier molecular flexibility index (Phi) is 5.28. The van der Waals surface area contributed by atoms with Crippen LogP contribution < -0.4 is 4.74 Å². The fourth-order valence-corrected chi connectivity index (χ4v) is 2.51. The van der Waals surface area contributed by atoms with Crippen molar-refractivity contribution in [2.75, 3.05) is 0 Å². The second-order valence-electron chi connectivity index (χ2n) is 5.50. The fraction of sp³-hybridized carbons (Fsp3) is 0. The molecule has 0 aliphatic carbocycles. The highest BCUT2D eigenvalue weighted by Gasteiger charge is 2.17. The molecule has 3 nitrogen and oxygen atoms in total. The first-order valence-electron chi connectivity index (χ1n) is 7.62. The Morgan fingerprint density at radius 2 is 1.30 bits per heavy atom. The van der Waals surface area contributed by atoms with Gasteiger partial charge in [0.15, 0.2) is 17.4 Å². The van der Waals surface area contributed by atoms with Crippen molar-refractivity contribution < 1.29 is 27.5 Å². The number of ketones is 1. The van der Waals surface area contributed by atoms with Crippen LogP contribution in [0.5, 0.6) is 5.75 Å². The lowest BCUT2D eigenvalue weighted by Gasteiger charge is -2.07. The maximum absolute atomic E-state index is 13.3. The lowest BCUT2D eigenvalue weighted by Crippen LogP contribution is -2.10. The van der Waals surface area contributed by atoms with Gasteiger partial charge in [0, 0.05) is 11.1 Å². The maximum Gasteiger partial charge on any atom is 0.345 e. The molecule has 0 radical (unpaired) electrons. The van der Waals surface area contributed by atoms with Crippen LogP contribution in [-0.4, -0.2) is 11.8 Å². The van der Waals surface area contributed by atoms with Gasteiger partial charge < -0.3 is 4.74 Å². The summed E-state index contributed by atoms with van der Waals surface area (Å²) < 4.78 is 44.3. The highest BCUT2D eigenvalue weighted by Crippen LogP contribution is 2.23. The van der Waals surface area contributed by atoms with Crippen molar-refractivity contribution in [3.63, 3.8) is 0 Å². The third kappa shape index (κ3) is 4.17. The van der Waals surface area contributed by atoms with Crippen LogP contribution in [0.3, 0.4) is 0 Å². The Hall–Kier alpha value is -3.12. The first-order valence-corrected chi connectivity index (χ1v) is 8.00. The SMILES string of the molecule is O=C(c1ccc(F)cc1)c1ccc(OC(=O)c2cc(F)c(F)cc2Cl)cc1. The van der Waals surface area contributed by atoms with E-state index < -0.39 is 23.4 Å². The molecule has 0 fully saturated rings. The molecule has 0 N–H and O–H groups in total. The number of benzene rings is 3. The van der Waals surface area contributed by atoms with E-state index in [9.17, 15) is 22.8 Å². The van der Waals surface area contributed by atoms with E-state index >= 15 is 0 Å². The second kappa shape index (κ2) is 7.63. The quantitative estimate of drug-likeness (QED) is 0.266. The van der Waals surface area contributed by atoms with E-state index in [0.29, 0.717) is 23.3 Å². The number of esters is 1. The molecule has 0 heterocycles. The molecule has 0 amide bonds. The van der Waals surface area contributed by atoms with Gasteiger partial charge in [-0.3, -0.25) is 4.79 Å². The van der Waals surface area contributed by atoms with Crippen molar-refractivity contribution >= 4 is 23.4 Å². The highest BCUT2D eigenvalue weighted by molar-refractivity contribution is 6.33. The summed E-state index contributed by atoms with van der Waals surface area (Å²) in [5.41, 5.74) is 0.268. The molecular formula is C20H10ClF3O3. The van der Waals surface area contributed by atoms with E-state index in [2.05, 4.69) is 0 Å². The molecule has 0 aromatic heterocycles. The molecule has 0 aliphatic rings. The predicted octanol–water partition coefficient (Wildman–Crippen LogP) is 5.21.